The predicted octanol–water partition coefficient (Wildman–Crippen LogP) is 4.92. The van der Waals surface area contributed by atoms with Gasteiger partial charge in [-0.1, -0.05) is 11.6 Å². The van der Waals surface area contributed by atoms with Crippen molar-refractivity contribution in [1.29, 1.82) is 0 Å². The van der Waals surface area contributed by atoms with Crippen molar-refractivity contribution < 1.29 is 14.1 Å². The van der Waals surface area contributed by atoms with Gasteiger partial charge >= 0.3 is 0 Å². The molecule has 0 atom stereocenters. The second kappa shape index (κ2) is 6.07. The number of benzene rings is 2. The third-order valence-corrected chi connectivity index (χ3v) is 3.11. The summed E-state index contributed by atoms with van der Waals surface area (Å²) in [5.74, 6) is -0.0227. The molecular weight excluding hydrogens is 308 g/mol. The molecule has 2 aromatic carbocycles. The molecule has 0 bridgehead atoms. The van der Waals surface area contributed by atoms with Crippen LogP contribution in [0.4, 0.5) is 10.1 Å². The van der Waals surface area contributed by atoms with E-state index >= 15 is 0 Å². The lowest BCUT2D eigenvalue weighted by Crippen LogP contribution is -1.94. The highest BCUT2D eigenvalue weighted by Crippen LogP contribution is 2.31. The third kappa shape index (κ3) is 3.18. The quantitative estimate of drug-likeness (QED) is 0.457. The minimum absolute atomic E-state index is 0.0152. The minimum atomic E-state index is -0.612. The lowest BCUT2D eigenvalue weighted by molar-refractivity contribution is -0.384. The van der Waals surface area contributed by atoms with Crippen LogP contribution in [0.3, 0.4) is 0 Å². The summed E-state index contributed by atoms with van der Waals surface area (Å²) >= 11 is 11.3. The molecule has 0 saturated carbocycles. The molecule has 0 amide bonds. The van der Waals surface area contributed by atoms with E-state index in [0.29, 0.717) is 11.3 Å². The van der Waals surface area contributed by atoms with Crippen LogP contribution in [0.1, 0.15) is 5.56 Å². The standard InChI is InChI=1S/C13H8Cl2FNO3/c14-7-8-5-9(17(18)19)1-4-13(8)20-10-2-3-11(15)12(16)6-10/h1-6H,7H2. The maximum atomic E-state index is 13.3. The van der Waals surface area contributed by atoms with Crippen molar-refractivity contribution in [1.82, 2.24) is 0 Å². The van der Waals surface area contributed by atoms with Crippen molar-refractivity contribution >= 4 is 28.9 Å². The Morgan fingerprint density at radius 3 is 2.60 bits per heavy atom. The molecule has 2 aromatic rings. The lowest BCUT2D eigenvalue weighted by Gasteiger charge is -2.09. The van der Waals surface area contributed by atoms with Crippen molar-refractivity contribution in [2.45, 2.75) is 5.88 Å². The normalized spacial score (nSPS) is 10.3. The number of non-ortho nitro benzene ring substituents is 1. The van der Waals surface area contributed by atoms with E-state index in [4.69, 9.17) is 27.9 Å². The molecule has 0 aliphatic rings. The average molecular weight is 316 g/mol. The van der Waals surface area contributed by atoms with Gasteiger partial charge in [0, 0.05) is 23.8 Å². The molecule has 7 heteroatoms. The summed E-state index contributed by atoms with van der Waals surface area (Å²) in [6.07, 6.45) is 0. The number of hydrogen-bond donors (Lipinski definition) is 0. The Hall–Kier alpha value is -1.85. The van der Waals surface area contributed by atoms with Crippen molar-refractivity contribution in [3.63, 3.8) is 0 Å². The number of nitrogens with zero attached hydrogens (tertiary/aromatic N) is 1. The smallest absolute Gasteiger partial charge is 0.270 e. The van der Waals surface area contributed by atoms with E-state index in [1.54, 1.807) is 0 Å². The second-order valence-electron chi connectivity index (χ2n) is 3.86. The summed E-state index contributed by atoms with van der Waals surface area (Å²) in [7, 11) is 0. The van der Waals surface area contributed by atoms with Crippen molar-refractivity contribution in [2.24, 2.45) is 0 Å². The van der Waals surface area contributed by atoms with Gasteiger partial charge in [-0.15, -0.1) is 11.6 Å². The first-order valence-electron chi connectivity index (χ1n) is 5.47. The van der Waals surface area contributed by atoms with Crippen LogP contribution in [-0.2, 0) is 5.88 Å². The maximum absolute atomic E-state index is 13.3. The van der Waals surface area contributed by atoms with Gasteiger partial charge in [-0.25, -0.2) is 4.39 Å². The zero-order chi connectivity index (χ0) is 14.7. The van der Waals surface area contributed by atoms with Gasteiger partial charge < -0.3 is 4.74 Å². The van der Waals surface area contributed by atoms with E-state index in [0.717, 1.165) is 6.07 Å². The van der Waals surface area contributed by atoms with Crippen molar-refractivity contribution in [3.05, 3.63) is 62.9 Å². The van der Waals surface area contributed by atoms with Gasteiger partial charge in [0.15, 0.2) is 0 Å². The van der Waals surface area contributed by atoms with Crippen LogP contribution in [0, 0.1) is 15.9 Å². The van der Waals surface area contributed by atoms with E-state index in [1.165, 1.54) is 30.3 Å². The molecule has 0 heterocycles. The van der Waals surface area contributed by atoms with Crippen LogP contribution >= 0.6 is 23.2 Å². The summed E-state index contributed by atoms with van der Waals surface area (Å²) < 4.78 is 18.8. The van der Waals surface area contributed by atoms with Gasteiger partial charge in [-0.05, 0) is 18.2 Å². The monoisotopic (exact) mass is 315 g/mol. The van der Waals surface area contributed by atoms with E-state index in [9.17, 15) is 14.5 Å². The van der Waals surface area contributed by atoms with Gasteiger partial charge in [0.05, 0.1) is 15.8 Å². The Morgan fingerprint density at radius 1 is 1.25 bits per heavy atom. The van der Waals surface area contributed by atoms with Crippen LogP contribution in [0.5, 0.6) is 11.5 Å². The predicted molar refractivity (Wildman–Crippen MR) is 74.1 cm³/mol. The number of alkyl halides is 1. The fourth-order valence-electron chi connectivity index (χ4n) is 1.55. The van der Waals surface area contributed by atoms with E-state index in [2.05, 4.69) is 0 Å². The molecule has 0 aliphatic heterocycles. The highest BCUT2D eigenvalue weighted by molar-refractivity contribution is 6.30. The maximum Gasteiger partial charge on any atom is 0.270 e. The second-order valence-corrected chi connectivity index (χ2v) is 4.54. The Bertz CT molecular complexity index is 664. The van der Waals surface area contributed by atoms with Crippen LogP contribution in [0.2, 0.25) is 5.02 Å². The zero-order valence-corrected chi connectivity index (χ0v) is 11.5. The molecular formula is C13H8Cl2FNO3. The zero-order valence-electron chi connectivity index (χ0n) is 9.98. The Morgan fingerprint density at radius 2 is 2.00 bits per heavy atom. The number of nitro benzene ring substituents is 1. The van der Waals surface area contributed by atoms with Gasteiger partial charge in [-0.3, -0.25) is 10.1 Å². The van der Waals surface area contributed by atoms with Gasteiger partial charge in [0.1, 0.15) is 17.3 Å². The first kappa shape index (κ1) is 14.6. The summed E-state index contributed by atoms with van der Waals surface area (Å²) in [5.41, 5.74) is 0.353. The summed E-state index contributed by atoms with van der Waals surface area (Å²) in [5, 5.41) is 10.7. The van der Waals surface area contributed by atoms with Crippen molar-refractivity contribution in [3.8, 4) is 11.5 Å². The largest absolute Gasteiger partial charge is 0.457 e. The van der Waals surface area contributed by atoms with Crippen molar-refractivity contribution in [2.75, 3.05) is 0 Å². The third-order valence-electron chi connectivity index (χ3n) is 2.52. The molecule has 0 radical (unpaired) electrons. The SMILES string of the molecule is O=[N+]([O-])c1ccc(Oc2ccc(Cl)c(F)c2)c(CCl)c1. The van der Waals surface area contributed by atoms with Gasteiger partial charge in [0.25, 0.3) is 5.69 Å². The van der Waals surface area contributed by atoms with Gasteiger partial charge in [0.2, 0.25) is 0 Å². The Balaban J connectivity index is 2.32. The molecule has 0 fully saturated rings. The highest BCUT2D eigenvalue weighted by Gasteiger charge is 2.12. The first-order chi connectivity index (χ1) is 9.51. The van der Waals surface area contributed by atoms with Crippen LogP contribution in [0.15, 0.2) is 36.4 Å². The molecule has 0 N–H and O–H groups in total. The van der Waals surface area contributed by atoms with Crippen LogP contribution in [0.25, 0.3) is 0 Å². The number of rotatable bonds is 4. The first-order valence-corrected chi connectivity index (χ1v) is 6.38. The minimum Gasteiger partial charge on any atom is -0.457 e. The number of hydrogen-bond acceptors (Lipinski definition) is 3. The lowest BCUT2D eigenvalue weighted by atomic mass is 10.2. The van der Waals surface area contributed by atoms with Gasteiger partial charge in [-0.2, -0.15) is 0 Å². The molecule has 0 spiro atoms. The molecule has 2 rings (SSSR count). The number of nitro groups is 1. The molecule has 0 unspecified atom stereocenters. The number of ether oxygens (including phenoxy) is 1. The average Bonchev–Trinajstić information content (AvgIpc) is 2.43. The Kier molecular flexibility index (Phi) is 4.42. The molecule has 104 valence electrons. The van der Waals surface area contributed by atoms with E-state index < -0.39 is 10.7 Å². The summed E-state index contributed by atoms with van der Waals surface area (Å²) in [6, 6.07) is 8.00. The topological polar surface area (TPSA) is 52.4 Å². The molecule has 20 heavy (non-hydrogen) atoms. The number of halogens is 3. The van der Waals surface area contributed by atoms with E-state index in [-0.39, 0.29) is 22.3 Å². The highest BCUT2D eigenvalue weighted by atomic mass is 35.5. The summed E-state index contributed by atoms with van der Waals surface area (Å²) in [6.45, 7) is 0. The summed E-state index contributed by atoms with van der Waals surface area (Å²) in [4.78, 5) is 10.2. The fourth-order valence-corrected chi connectivity index (χ4v) is 1.88. The molecule has 0 saturated heterocycles. The van der Waals surface area contributed by atoms with Crippen LogP contribution in [-0.4, -0.2) is 4.92 Å². The van der Waals surface area contributed by atoms with Crippen LogP contribution < -0.4 is 4.74 Å². The Labute approximate surface area is 123 Å². The fraction of sp³-hybridized carbons (Fsp3) is 0.0769. The molecule has 0 aliphatic carbocycles. The van der Waals surface area contributed by atoms with E-state index in [1.807, 2.05) is 0 Å². The molecule has 0 aromatic heterocycles. The molecule has 4 nitrogen and oxygen atoms in total.